The van der Waals surface area contributed by atoms with Crippen LogP contribution in [-0.4, -0.2) is 91.0 Å². The van der Waals surface area contributed by atoms with Gasteiger partial charge >= 0.3 is 12.1 Å². The van der Waals surface area contributed by atoms with E-state index in [9.17, 15) is 33.0 Å². The Labute approximate surface area is 222 Å². The minimum atomic E-state index is -4.63. The fraction of sp³-hybridized carbons (Fsp3) is 0.480. The number of aliphatic hydroxyl groups excluding tert-OH is 2. The van der Waals surface area contributed by atoms with Gasteiger partial charge in [-0.05, 0) is 17.7 Å². The number of esters is 1. The number of anilines is 1. The average molecular weight is 558 g/mol. The third kappa shape index (κ3) is 10.1. The Kier molecular flexibility index (Phi) is 11.4. The molecule has 4 N–H and O–H groups in total. The SMILES string of the molecule is O=C(COCCOCC(=O)OCc1ccccc1)NC[C@H]1OC[C@H](Nc2cccc(C(F)(F)F)n2)[C@@H](O)[C@H]1O. The fourth-order valence-corrected chi connectivity index (χ4v) is 3.54. The van der Waals surface area contributed by atoms with E-state index in [1.165, 1.54) is 12.1 Å². The van der Waals surface area contributed by atoms with Crippen LogP contribution in [0.2, 0.25) is 0 Å². The molecule has 0 saturated carbocycles. The first kappa shape index (κ1) is 30.2. The van der Waals surface area contributed by atoms with Crippen molar-refractivity contribution in [2.45, 2.75) is 37.1 Å². The first-order valence-electron chi connectivity index (χ1n) is 12.0. The number of aliphatic hydroxyl groups is 2. The molecule has 0 radical (unpaired) electrons. The molecule has 1 amide bonds. The van der Waals surface area contributed by atoms with Crippen molar-refractivity contribution in [1.82, 2.24) is 10.3 Å². The molecule has 0 bridgehead atoms. The lowest BCUT2D eigenvalue weighted by molar-refractivity contribution is -0.151. The van der Waals surface area contributed by atoms with E-state index in [0.717, 1.165) is 11.6 Å². The molecule has 11 nitrogen and oxygen atoms in total. The van der Waals surface area contributed by atoms with Gasteiger partial charge in [-0.3, -0.25) is 4.79 Å². The third-order valence-corrected chi connectivity index (χ3v) is 5.57. The summed E-state index contributed by atoms with van der Waals surface area (Å²) < 4.78 is 59.4. The van der Waals surface area contributed by atoms with Gasteiger partial charge in [-0.1, -0.05) is 36.4 Å². The van der Waals surface area contributed by atoms with Gasteiger partial charge in [-0.2, -0.15) is 13.2 Å². The summed E-state index contributed by atoms with van der Waals surface area (Å²) in [5.74, 6) is -1.19. The summed E-state index contributed by atoms with van der Waals surface area (Å²) in [6.07, 6.45) is -8.42. The molecule has 3 rings (SSSR count). The molecule has 14 heteroatoms. The zero-order valence-corrected chi connectivity index (χ0v) is 20.8. The highest BCUT2D eigenvalue weighted by Crippen LogP contribution is 2.28. The molecule has 1 fully saturated rings. The maximum absolute atomic E-state index is 12.9. The van der Waals surface area contributed by atoms with Gasteiger partial charge in [0.1, 0.15) is 49.6 Å². The zero-order chi connectivity index (χ0) is 28.3. The molecular formula is C25H30F3N3O8. The highest BCUT2D eigenvalue weighted by Gasteiger charge is 2.39. The van der Waals surface area contributed by atoms with E-state index in [1.807, 2.05) is 30.3 Å². The molecule has 1 aliphatic heterocycles. The predicted molar refractivity (Wildman–Crippen MR) is 129 cm³/mol. The quantitative estimate of drug-likeness (QED) is 0.207. The van der Waals surface area contributed by atoms with Crippen molar-refractivity contribution in [3.63, 3.8) is 0 Å². The van der Waals surface area contributed by atoms with Crippen LogP contribution in [0.1, 0.15) is 11.3 Å². The average Bonchev–Trinajstić information content (AvgIpc) is 2.92. The van der Waals surface area contributed by atoms with E-state index in [0.29, 0.717) is 0 Å². The van der Waals surface area contributed by atoms with E-state index < -0.39 is 48.1 Å². The van der Waals surface area contributed by atoms with Gasteiger partial charge < -0.3 is 39.8 Å². The van der Waals surface area contributed by atoms with Crippen LogP contribution in [0.3, 0.4) is 0 Å². The van der Waals surface area contributed by atoms with E-state index in [1.54, 1.807) is 0 Å². The van der Waals surface area contributed by atoms with Gasteiger partial charge in [0.05, 0.1) is 25.9 Å². The molecule has 1 aromatic carbocycles. The molecular weight excluding hydrogens is 527 g/mol. The van der Waals surface area contributed by atoms with Crippen molar-refractivity contribution >= 4 is 17.7 Å². The second-order valence-corrected chi connectivity index (χ2v) is 8.57. The molecule has 214 valence electrons. The Morgan fingerprint density at radius 3 is 2.44 bits per heavy atom. The van der Waals surface area contributed by atoms with Crippen molar-refractivity contribution in [3.05, 3.63) is 59.8 Å². The minimum Gasteiger partial charge on any atom is -0.459 e. The minimum absolute atomic E-state index is 0.0393. The lowest BCUT2D eigenvalue weighted by Crippen LogP contribution is -2.58. The number of halogens is 3. The van der Waals surface area contributed by atoms with Gasteiger partial charge in [0, 0.05) is 6.54 Å². The first-order valence-corrected chi connectivity index (χ1v) is 12.0. The summed E-state index contributed by atoms with van der Waals surface area (Å²) >= 11 is 0. The van der Waals surface area contributed by atoms with E-state index in [4.69, 9.17) is 18.9 Å². The number of alkyl halides is 3. The number of carbonyl (C=O) groups is 2. The molecule has 4 atom stereocenters. The van der Waals surface area contributed by atoms with Crippen molar-refractivity contribution < 1.29 is 51.9 Å². The van der Waals surface area contributed by atoms with Crippen molar-refractivity contribution in [1.29, 1.82) is 0 Å². The number of nitrogens with zero attached hydrogens (tertiary/aromatic N) is 1. The third-order valence-electron chi connectivity index (χ3n) is 5.57. The Balaban J connectivity index is 1.27. The number of hydrogen-bond donors (Lipinski definition) is 4. The molecule has 1 aliphatic rings. The standard InChI is InChI=1S/C25H30F3N3O8/c26-25(27,28)19-7-4-8-20(31-19)30-17-13-38-18(24(35)23(17)34)11-29-21(32)14-36-9-10-37-15-22(33)39-12-16-5-2-1-3-6-16/h1-8,17-18,23-24,34-35H,9-15H2,(H,29,32)(H,30,31)/t17-,18+,23+,24-/m0/s1. The van der Waals surface area contributed by atoms with Crippen molar-refractivity contribution in [3.8, 4) is 0 Å². The molecule has 39 heavy (non-hydrogen) atoms. The summed E-state index contributed by atoms with van der Waals surface area (Å²) in [6.45, 7) is -0.645. The van der Waals surface area contributed by atoms with Crippen LogP contribution < -0.4 is 10.6 Å². The number of rotatable bonds is 13. The zero-order valence-electron chi connectivity index (χ0n) is 20.8. The normalized spacial score (nSPS) is 21.3. The highest BCUT2D eigenvalue weighted by atomic mass is 19.4. The molecule has 0 unspecified atom stereocenters. The van der Waals surface area contributed by atoms with Crippen LogP contribution in [0.15, 0.2) is 48.5 Å². The number of nitrogens with one attached hydrogen (secondary N) is 2. The Morgan fingerprint density at radius 1 is 1.00 bits per heavy atom. The number of amides is 1. The summed E-state index contributed by atoms with van der Waals surface area (Å²) in [4.78, 5) is 27.1. The Bertz CT molecular complexity index is 1060. The van der Waals surface area contributed by atoms with Crippen molar-refractivity contribution in [2.75, 3.05) is 44.9 Å². The highest BCUT2D eigenvalue weighted by molar-refractivity contribution is 5.77. The predicted octanol–water partition coefficient (Wildman–Crippen LogP) is 0.894. The second-order valence-electron chi connectivity index (χ2n) is 8.57. The van der Waals surface area contributed by atoms with Gasteiger partial charge in [-0.25, -0.2) is 9.78 Å². The summed E-state index contributed by atoms with van der Waals surface area (Å²) in [5.41, 5.74) is -0.250. The van der Waals surface area contributed by atoms with Gasteiger partial charge in [0.2, 0.25) is 5.91 Å². The Hall–Kier alpha value is -3.30. The molecule has 1 saturated heterocycles. The van der Waals surface area contributed by atoms with Crippen molar-refractivity contribution in [2.24, 2.45) is 0 Å². The number of aromatic nitrogens is 1. The van der Waals surface area contributed by atoms with Crippen LogP contribution in [0.25, 0.3) is 0 Å². The maximum Gasteiger partial charge on any atom is 0.433 e. The molecule has 0 aliphatic carbocycles. The molecule has 1 aromatic heterocycles. The number of carbonyl (C=O) groups excluding carboxylic acids is 2. The first-order chi connectivity index (χ1) is 18.6. The Morgan fingerprint density at radius 2 is 1.72 bits per heavy atom. The van der Waals surface area contributed by atoms with E-state index >= 15 is 0 Å². The van der Waals surface area contributed by atoms with Crippen LogP contribution in [-0.2, 0) is 41.3 Å². The number of ether oxygens (including phenoxy) is 4. The number of hydrogen-bond acceptors (Lipinski definition) is 10. The van der Waals surface area contributed by atoms with Gasteiger partial charge in [0.25, 0.3) is 0 Å². The van der Waals surface area contributed by atoms with Gasteiger partial charge in [-0.15, -0.1) is 0 Å². The monoisotopic (exact) mass is 557 g/mol. The lowest BCUT2D eigenvalue weighted by Gasteiger charge is -2.38. The topological polar surface area (TPSA) is 148 Å². The van der Waals surface area contributed by atoms with Crippen LogP contribution in [0, 0.1) is 0 Å². The van der Waals surface area contributed by atoms with E-state index in [-0.39, 0.29) is 52.0 Å². The lowest BCUT2D eigenvalue weighted by atomic mass is 9.98. The summed E-state index contributed by atoms with van der Waals surface area (Å²) in [7, 11) is 0. The fourth-order valence-electron chi connectivity index (χ4n) is 3.54. The number of benzene rings is 1. The largest absolute Gasteiger partial charge is 0.459 e. The molecule has 0 spiro atoms. The van der Waals surface area contributed by atoms with Crippen LogP contribution in [0.4, 0.5) is 19.0 Å². The molecule has 2 heterocycles. The smallest absolute Gasteiger partial charge is 0.433 e. The summed E-state index contributed by atoms with van der Waals surface area (Å²) in [5, 5.41) is 25.9. The van der Waals surface area contributed by atoms with Crippen LogP contribution >= 0.6 is 0 Å². The van der Waals surface area contributed by atoms with Crippen LogP contribution in [0.5, 0.6) is 0 Å². The molecule has 2 aromatic rings. The summed E-state index contributed by atoms with van der Waals surface area (Å²) in [6, 6.07) is 11.5. The van der Waals surface area contributed by atoms with E-state index in [2.05, 4.69) is 15.6 Å². The number of pyridine rings is 1. The second kappa shape index (κ2) is 14.7. The van der Waals surface area contributed by atoms with Gasteiger partial charge in [0.15, 0.2) is 0 Å². The maximum atomic E-state index is 12.9.